The molecule has 3 amide bonds. The summed E-state index contributed by atoms with van der Waals surface area (Å²) in [7, 11) is 0. The summed E-state index contributed by atoms with van der Waals surface area (Å²) in [6.45, 7) is 2.41. The minimum atomic E-state index is -0.534. The molecule has 4 aromatic carbocycles. The first-order valence-corrected chi connectivity index (χ1v) is 13.7. The van der Waals surface area contributed by atoms with Crippen LogP contribution in [0.4, 0.5) is 5.69 Å². The van der Waals surface area contributed by atoms with Gasteiger partial charge in [0.15, 0.2) is 0 Å². The van der Waals surface area contributed by atoms with E-state index in [0.717, 1.165) is 33.7 Å². The van der Waals surface area contributed by atoms with Gasteiger partial charge in [-0.3, -0.25) is 14.4 Å². The van der Waals surface area contributed by atoms with Crippen molar-refractivity contribution in [3.05, 3.63) is 118 Å². The number of fused-ring (bicyclic) bond motifs is 2. The van der Waals surface area contributed by atoms with Crippen molar-refractivity contribution < 1.29 is 14.4 Å². The summed E-state index contributed by atoms with van der Waals surface area (Å²) in [4.78, 5) is 43.0. The number of nitrogens with one attached hydrogen (secondary N) is 4. The number of aromatic amines is 1. The maximum absolute atomic E-state index is 13.6. The number of H-pyrrole nitrogens is 1. The van der Waals surface area contributed by atoms with Crippen molar-refractivity contribution in [2.24, 2.45) is 0 Å². The summed E-state index contributed by atoms with van der Waals surface area (Å²) in [5, 5.41) is 11.4. The summed E-state index contributed by atoms with van der Waals surface area (Å²) >= 11 is 3.42. The van der Waals surface area contributed by atoms with Gasteiger partial charge in [-0.25, -0.2) is 0 Å². The number of carbonyl (C=O) groups excluding carboxylic acids is 3. The zero-order chi connectivity index (χ0) is 28.1. The number of halogens is 1. The molecule has 7 nitrogen and oxygen atoms in total. The highest BCUT2D eigenvalue weighted by molar-refractivity contribution is 9.10. The molecular weight excluding hydrogens is 568 g/mol. The van der Waals surface area contributed by atoms with Gasteiger partial charge in [-0.2, -0.15) is 0 Å². The second kappa shape index (κ2) is 12.0. The number of carbonyl (C=O) groups is 3. The van der Waals surface area contributed by atoms with Gasteiger partial charge >= 0.3 is 0 Å². The molecule has 200 valence electrons. The van der Waals surface area contributed by atoms with Gasteiger partial charge in [0.25, 0.3) is 17.7 Å². The molecule has 0 fully saturated rings. The van der Waals surface area contributed by atoms with Crippen LogP contribution < -0.4 is 16.0 Å². The van der Waals surface area contributed by atoms with E-state index < -0.39 is 11.8 Å². The summed E-state index contributed by atoms with van der Waals surface area (Å²) in [6.07, 6.45) is 4.18. The minimum Gasteiger partial charge on any atom is -0.361 e. The molecule has 0 unspecified atom stereocenters. The molecule has 0 atom stereocenters. The quantitative estimate of drug-likeness (QED) is 0.151. The third kappa shape index (κ3) is 5.97. The van der Waals surface area contributed by atoms with Crippen molar-refractivity contribution in [3.63, 3.8) is 0 Å². The van der Waals surface area contributed by atoms with Crippen LogP contribution in [0.3, 0.4) is 0 Å². The van der Waals surface area contributed by atoms with Crippen LogP contribution in [0.15, 0.2) is 101 Å². The minimum absolute atomic E-state index is 0.0926. The molecule has 0 radical (unpaired) electrons. The summed E-state index contributed by atoms with van der Waals surface area (Å²) in [6, 6.07) is 25.9. The Bertz CT molecular complexity index is 1770. The second-order valence-electron chi connectivity index (χ2n) is 9.26. The van der Waals surface area contributed by atoms with Crippen molar-refractivity contribution in [1.29, 1.82) is 0 Å². The Morgan fingerprint density at radius 1 is 0.875 bits per heavy atom. The number of hydrogen-bond donors (Lipinski definition) is 4. The zero-order valence-electron chi connectivity index (χ0n) is 21.8. The largest absolute Gasteiger partial charge is 0.361 e. The first kappa shape index (κ1) is 26.9. The zero-order valence-corrected chi connectivity index (χ0v) is 23.3. The van der Waals surface area contributed by atoms with Gasteiger partial charge in [0.05, 0.1) is 11.3 Å². The van der Waals surface area contributed by atoms with Crippen LogP contribution in [0.25, 0.3) is 27.8 Å². The lowest BCUT2D eigenvalue weighted by Crippen LogP contribution is -2.35. The van der Waals surface area contributed by atoms with E-state index in [0.29, 0.717) is 22.3 Å². The third-order valence-electron chi connectivity index (χ3n) is 6.44. The van der Waals surface area contributed by atoms with Gasteiger partial charge in [0, 0.05) is 39.2 Å². The lowest BCUT2D eigenvalue weighted by Gasteiger charge is -2.14. The number of benzene rings is 4. The van der Waals surface area contributed by atoms with E-state index in [4.69, 9.17) is 0 Å². The third-order valence-corrected chi connectivity index (χ3v) is 6.93. The Balaban J connectivity index is 1.44. The first-order chi connectivity index (χ1) is 19.4. The van der Waals surface area contributed by atoms with Crippen LogP contribution in [-0.2, 0) is 4.79 Å². The van der Waals surface area contributed by atoms with E-state index in [9.17, 15) is 14.4 Å². The predicted molar refractivity (Wildman–Crippen MR) is 163 cm³/mol. The standard InChI is InChI=1S/C32H27BrN4O3/c1-2-15-34-32(40)29(17-23-19-35-27-10-6-5-9-25(23)27)37-31(39)26-18-24(33)13-14-28(26)36-30(38)22-12-11-20-7-3-4-8-21(20)16-22/h3-14,16-19,35H,2,15H2,1H3,(H,34,40)(H,36,38)(H,37,39)/b29-17+. The Labute approximate surface area is 239 Å². The highest BCUT2D eigenvalue weighted by Crippen LogP contribution is 2.24. The van der Waals surface area contributed by atoms with E-state index in [1.807, 2.05) is 67.6 Å². The average Bonchev–Trinajstić information content (AvgIpc) is 3.38. The monoisotopic (exact) mass is 594 g/mol. The molecule has 0 saturated heterocycles. The van der Waals surface area contributed by atoms with Crippen molar-refractivity contribution in [3.8, 4) is 0 Å². The molecule has 0 saturated carbocycles. The number of aromatic nitrogens is 1. The summed E-state index contributed by atoms with van der Waals surface area (Å²) in [5.74, 6) is -1.29. The maximum Gasteiger partial charge on any atom is 0.267 e. The van der Waals surface area contributed by atoms with E-state index in [-0.39, 0.29) is 17.2 Å². The van der Waals surface area contributed by atoms with Gasteiger partial charge in [-0.05, 0) is 59.7 Å². The molecule has 5 aromatic rings. The van der Waals surface area contributed by atoms with E-state index in [1.165, 1.54) is 0 Å². The number of rotatable bonds is 8. The van der Waals surface area contributed by atoms with Crippen LogP contribution in [0.2, 0.25) is 0 Å². The summed E-state index contributed by atoms with van der Waals surface area (Å²) < 4.78 is 0.652. The Kier molecular flexibility index (Phi) is 8.07. The smallest absolute Gasteiger partial charge is 0.267 e. The SMILES string of the molecule is CCCNC(=O)/C(=C\c1c[nH]c2ccccc12)NC(=O)c1cc(Br)ccc1NC(=O)c1ccc2ccccc2c1. The lowest BCUT2D eigenvalue weighted by molar-refractivity contribution is -0.117. The van der Waals surface area contributed by atoms with Crippen LogP contribution in [-0.4, -0.2) is 29.3 Å². The predicted octanol–water partition coefficient (Wildman–Crippen LogP) is 6.63. The maximum atomic E-state index is 13.6. The fourth-order valence-electron chi connectivity index (χ4n) is 4.39. The second-order valence-corrected chi connectivity index (χ2v) is 10.2. The van der Waals surface area contributed by atoms with Gasteiger partial charge in [0.2, 0.25) is 0 Å². The van der Waals surface area contributed by atoms with Crippen LogP contribution in [0.1, 0.15) is 39.6 Å². The molecule has 8 heteroatoms. The number of amides is 3. The normalized spacial score (nSPS) is 11.4. The molecule has 1 aromatic heterocycles. The Morgan fingerprint density at radius 2 is 1.65 bits per heavy atom. The molecule has 1 heterocycles. The van der Waals surface area contributed by atoms with Gasteiger partial charge < -0.3 is 20.9 Å². The van der Waals surface area contributed by atoms with Crippen LogP contribution >= 0.6 is 15.9 Å². The molecule has 0 spiro atoms. The van der Waals surface area contributed by atoms with Gasteiger partial charge in [0.1, 0.15) is 5.70 Å². The molecule has 4 N–H and O–H groups in total. The van der Waals surface area contributed by atoms with Crippen molar-refractivity contribution in [1.82, 2.24) is 15.6 Å². The lowest BCUT2D eigenvalue weighted by atomic mass is 10.1. The van der Waals surface area contributed by atoms with Gasteiger partial charge in [-0.15, -0.1) is 0 Å². The first-order valence-electron chi connectivity index (χ1n) is 12.9. The summed E-state index contributed by atoms with van der Waals surface area (Å²) in [5.41, 5.74) is 2.76. The van der Waals surface area contributed by atoms with E-state index >= 15 is 0 Å². The molecule has 0 aliphatic heterocycles. The Morgan fingerprint density at radius 3 is 2.48 bits per heavy atom. The van der Waals surface area contributed by atoms with E-state index in [2.05, 4.69) is 36.9 Å². The highest BCUT2D eigenvalue weighted by atomic mass is 79.9. The average molecular weight is 595 g/mol. The van der Waals surface area contributed by atoms with Gasteiger partial charge in [-0.1, -0.05) is 71.4 Å². The molecule has 0 aliphatic rings. The molecule has 0 bridgehead atoms. The van der Waals surface area contributed by atoms with Crippen LogP contribution in [0, 0.1) is 0 Å². The highest BCUT2D eigenvalue weighted by Gasteiger charge is 2.20. The number of hydrogen-bond acceptors (Lipinski definition) is 3. The topological polar surface area (TPSA) is 103 Å². The number of para-hydroxylation sites is 1. The van der Waals surface area contributed by atoms with Crippen molar-refractivity contribution >= 4 is 67.1 Å². The fourth-order valence-corrected chi connectivity index (χ4v) is 4.75. The fraction of sp³-hybridized carbons (Fsp3) is 0.0938. The van der Waals surface area contributed by atoms with E-state index in [1.54, 1.807) is 36.5 Å². The van der Waals surface area contributed by atoms with Crippen LogP contribution in [0.5, 0.6) is 0 Å². The molecular formula is C32H27BrN4O3. The molecule has 5 rings (SSSR count). The number of anilines is 1. The Hall–Kier alpha value is -4.69. The molecule has 0 aliphatic carbocycles. The van der Waals surface area contributed by atoms with Crippen molar-refractivity contribution in [2.45, 2.75) is 13.3 Å². The van der Waals surface area contributed by atoms with Crippen molar-refractivity contribution in [2.75, 3.05) is 11.9 Å². The molecule has 40 heavy (non-hydrogen) atoms.